The summed E-state index contributed by atoms with van der Waals surface area (Å²) in [6, 6.07) is 15.7. The van der Waals surface area contributed by atoms with E-state index in [1.54, 1.807) is 7.11 Å². The van der Waals surface area contributed by atoms with E-state index in [2.05, 4.69) is 21.2 Å². The molecule has 0 bridgehead atoms. The maximum Gasteiger partial charge on any atom is 0.237 e. The van der Waals surface area contributed by atoms with Crippen molar-refractivity contribution in [1.29, 1.82) is 0 Å². The number of aromatic nitrogens is 3. The number of carbonyl (C=O) groups excluding carboxylic acids is 1. The van der Waals surface area contributed by atoms with Crippen LogP contribution >= 0.6 is 11.8 Å². The predicted octanol–water partition coefficient (Wildman–Crippen LogP) is 3.55. The van der Waals surface area contributed by atoms with E-state index in [1.807, 2.05) is 47.4 Å². The van der Waals surface area contributed by atoms with E-state index in [1.165, 1.54) is 17.3 Å². The lowest BCUT2D eigenvalue weighted by molar-refractivity contribution is -0.116. The third-order valence-corrected chi connectivity index (χ3v) is 5.40. The minimum Gasteiger partial charge on any atom is -0.497 e. The zero-order valence-corrected chi connectivity index (χ0v) is 15.8. The number of benzene rings is 2. The number of thioether (sulfide) groups is 1. The van der Waals surface area contributed by atoms with Gasteiger partial charge in [-0.25, -0.2) is 4.98 Å². The zero-order chi connectivity index (χ0) is 18.6. The van der Waals surface area contributed by atoms with E-state index >= 15 is 0 Å². The molecule has 0 aliphatic carbocycles. The number of carbonyl (C=O) groups is 1. The van der Waals surface area contributed by atoms with Gasteiger partial charge in [0.05, 0.1) is 12.9 Å². The van der Waals surface area contributed by atoms with Crippen molar-refractivity contribution in [2.75, 3.05) is 24.3 Å². The molecule has 138 valence electrons. The van der Waals surface area contributed by atoms with Crippen LogP contribution in [0.4, 0.5) is 5.69 Å². The summed E-state index contributed by atoms with van der Waals surface area (Å²) in [6.45, 7) is 0.765. The second kappa shape index (κ2) is 7.84. The van der Waals surface area contributed by atoms with Gasteiger partial charge in [-0.15, -0.1) is 5.10 Å². The first kappa shape index (κ1) is 17.6. The van der Waals surface area contributed by atoms with Crippen molar-refractivity contribution >= 4 is 23.4 Å². The number of ether oxygens (including phenoxy) is 1. The van der Waals surface area contributed by atoms with Gasteiger partial charge in [-0.1, -0.05) is 30.0 Å². The van der Waals surface area contributed by atoms with Gasteiger partial charge in [-0.2, -0.15) is 0 Å². The van der Waals surface area contributed by atoms with Crippen LogP contribution in [0.25, 0.3) is 11.4 Å². The molecule has 0 radical (unpaired) electrons. The number of para-hydroxylation sites is 1. The Hall–Kier alpha value is -2.80. The Morgan fingerprint density at radius 1 is 1.22 bits per heavy atom. The highest BCUT2D eigenvalue weighted by molar-refractivity contribution is 7.99. The number of hydrogen-bond acceptors (Lipinski definition) is 5. The SMILES string of the molecule is COc1ccc(-c2nc(SCC(=O)N3CCCc4ccccc43)n[nH]2)cc1. The van der Waals surface area contributed by atoms with Crippen molar-refractivity contribution in [3.05, 3.63) is 54.1 Å². The first-order valence-corrected chi connectivity index (χ1v) is 9.81. The number of hydrogen-bond donors (Lipinski definition) is 1. The van der Waals surface area contributed by atoms with Crippen molar-refractivity contribution in [2.45, 2.75) is 18.0 Å². The number of aromatic amines is 1. The largest absolute Gasteiger partial charge is 0.497 e. The summed E-state index contributed by atoms with van der Waals surface area (Å²) in [5.41, 5.74) is 3.19. The lowest BCUT2D eigenvalue weighted by Gasteiger charge is -2.29. The molecule has 1 N–H and O–H groups in total. The number of methoxy groups -OCH3 is 1. The molecule has 0 unspecified atom stereocenters. The third-order valence-electron chi connectivity index (χ3n) is 4.56. The number of nitrogens with zero attached hydrogens (tertiary/aromatic N) is 3. The van der Waals surface area contributed by atoms with Crippen molar-refractivity contribution in [1.82, 2.24) is 15.2 Å². The average Bonchev–Trinajstić information content (AvgIpc) is 3.20. The van der Waals surface area contributed by atoms with Crippen LogP contribution in [0, 0.1) is 0 Å². The van der Waals surface area contributed by atoms with Gasteiger partial charge < -0.3 is 9.64 Å². The summed E-state index contributed by atoms with van der Waals surface area (Å²) in [7, 11) is 1.63. The van der Waals surface area contributed by atoms with Gasteiger partial charge in [0.25, 0.3) is 0 Å². The normalized spacial score (nSPS) is 13.3. The topological polar surface area (TPSA) is 71.1 Å². The number of fused-ring (bicyclic) bond motifs is 1. The number of H-pyrrole nitrogens is 1. The maximum absolute atomic E-state index is 12.7. The highest BCUT2D eigenvalue weighted by atomic mass is 32.2. The van der Waals surface area contributed by atoms with Crippen LogP contribution in [0.15, 0.2) is 53.7 Å². The summed E-state index contributed by atoms with van der Waals surface area (Å²) >= 11 is 1.35. The standard InChI is InChI=1S/C20H20N4O2S/c1-26-16-10-8-15(9-11-16)19-21-20(23-22-19)27-13-18(25)24-12-4-6-14-5-2-3-7-17(14)24/h2-3,5,7-11H,4,6,12-13H2,1H3,(H,21,22,23). The molecule has 27 heavy (non-hydrogen) atoms. The molecule has 0 fully saturated rings. The first-order chi connectivity index (χ1) is 13.2. The van der Waals surface area contributed by atoms with E-state index < -0.39 is 0 Å². The summed E-state index contributed by atoms with van der Waals surface area (Å²) in [4.78, 5) is 19.1. The van der Waals surface area contributed by atoms with Crippen LogP contribution in [-0.4, -0.2) is 40.5 Å². The van der Waals surface area contributed by atoms with Gasteiger partial charge in [-0.05, 0) is 48.7 Å². The van der Waals surface area contributed by atoms with Gasteiger partial charge in [0.15, 0.2) is 5.82 Å². The molecule has 1 aromatic heterocycles. The Morgan fingerprint density at radius 3 is 2.85 bits per heavy atom. The Kier molecular flexibility index (Phi) is 5.11. The van der Waals surface area contributed by atoms with Gasteiger partial charge in [-0.3, -0.25) is 9.89 Å². The van der Waals surface area contributed by atoms with Crippen molar-refractivity contribution in [3.8, 4) is 17.1 Å². The highest BCUT2D eigenvalue weighted by Crippen LogP contribution is 2.28. The van der Waals surface area contributed by atoms with Crippen LogP contribution in [0.5, 0.6) is 5.75 Å². The molecule has 4 rings (SSSR count). The second-order valence-corrected chi connectivity index (χ2v) is 7.20. The molecule has 1 amide bonds. The quantitative estimate of drug-likeness (QED) is 0.686. The average molecular weight is 380 g/mol. The lowest BCUT2D eigenvalue weighted by Crippen LogP contribution is -2.36. The summed E-state index contributed by atoms with van der Waals surface area (Å²) in [5.74, 6) is 1.87. The molecular weight excluding hydrogens is 360 g/mol. The number of rotatable bonds is 5. The van der Waals surface area contributed by atoms with E-state index in [0.717, 1.165) is 36.4 Å². The predicted molar refractivity (Wildman–Crippen MR) is 106 cm³/mol. The van der Waals surface area contributed by atoms with Crippen LogP contribution in [-0.2, 0) is 11.2 Å². The van der Waals surface area contributed by atoms with E-state index in [9.17, 15) is 4.79 Å². The fourth-order valence-electron chi connectivity index (χ4n) is 3.19. The fourth-order valence-corrected chi connectivity index (χ4v) is 3.86. The molecule has 0 saturated heterocycles. The Morgan fingerprint density at radius 2 is 2.04 bits per heavy atom. The van der Waals surface area contributed by atoms with Crippen LogP contribution < -0.4 is 9.64 Å². The van der Waals surface area contributed by atoms with Crippen molar-refractivity contribution in [2.24, 2.45) is 0 Å². The number of nitrogens with one attached hydrogen (secondary N) is 1. The molecule has 6 nitrogen and oxygen atoms in total. The van der Waals surface area contributed by atoms with E-state index in [-0.39, 0.29) is 5.91 Å². The molecule has 1 aliphatic rings. The van der Waals surface area contributed by atoms with Gasteiger partial charge >= 0.3 is 0 Å². The molecule has 3 aromatic rings. The minimum absolute atomic E-state index is 0.0861. The first-order valence-electron chi connectivity index (χ1n) is 8.82. The highest BCUT2D eigenvalue weighted by Gasteiger charge is 2.22. The number of amides is 1. The molecular formula is C20H20N4O2S. The summed E-state index contributed by atoms with van der Waals surface area (Å²) < 4.78 is 5.17. The Labute approximate surface area is 162 Å². The second-order valence-electron chi connectivity index (χ2n) is 6.26. The fraction of sp³-hybridized carbons (Fsp3) is 0.250. The number of aryl methyl sites for hydroxylation is 1. The van der Waals surface area contributed by atoms with Crippen LogP contribution in [0.2, 0.25) is 0 Å². The molecule has 1 aliphatic heterocycles. The van der Waals surface area contributed by atoms with Crippen LogP contribution in [0.1, 0.15) is 12.0 Å². The van der Waals surface area contributed by atoms with Gasteiger partial charge in [0.1, 0.15) is 5.75 Å². The maximum atomic E-state index is 12.7. The summed E-state index contributed by atoms with van der Waals surface area (Å²) in [6.07, 6.45) is 2.02. The molecule has 0 spiro atoms. The van der Waals surface area contributed by atoms with E-state index in [0.29, 0.717) is 16.7 Å². The van der Waals surface area contributed by atoms with Crippen LogP contribution in [0.3, 0.4) is 0 Å². The molecule has 7 heteroatoms. The number of anilines is 1. The monoisotopic (exact) mass is 380 g/mol. The molecule has 0 saturated carbocycles. The van der Waals surface area contributed by atoms with Crippen molar-refractivity contribution < 1.29 is 9.53 Å². The minimum atomic E-state index is 0.0861. The van der Waals surface area contributed by atoms with E-state index in [4.69, 9.17) is 4.74 Å². The third kappa shape index (κ3) is 3.83. The van der Waals surface area contributed by atoms with Gasteiger partial charge in [0, 0.05) is 17.8 Å². The smallest absolute Gasteiger partial charge is 0.237 e. The Bertz CT molecular complexity index is 939. The van der Waals surface area contributed by atoms with Crippen molar-refractivity contribution in [3.63, 3.8) is 0 Å². The lowest BCUT2D eigenvalue weighted by atomic mass is 10.0. The Balaban J connectivity index is 1.41. The molecule has 2 aromatic carbocycles. The molecule has 2 heterocycles. The zero-order valence-electron chi connectivity index (χ0n) is 15.0. The summed E-state index contributed by atoms with van der Waals surface area (Å²) in [5, 5.41) is 7.72. The van der Waals surface area contributed by atoms with Gasteiger partial charge in [0.2, 0.25) is 11.1 Å². The molecule has 0 atom stereocenters.